The maximum absolute atomic E-state index is 10.8. The quantitative estimate of drug-likeness (QED) is 0.494. The van der Waals surface area contributed by atoms with Crippen molar-refractivity contribution < 1.29 is 4.92 Å². The highest BCUT2D eigenvalue weighted by Gasteiger charge is 2.10. The van der Waals surface area contributed by atoms with Crippen LogP contribution in [0, 0.1) is 10.1 Å². The number of nitro groups is 1. The summed E-state index contributed by atoms with van der Waals surface area (Å²) in [5, 5.41) is 14.3. The van der Waals surface area contributed by atoms with Crippen molar-refractivity contribution in [2.45, 2.75) is 0 Å². The molecule has 0 fully saturated rings. The number of nitrogens with two attached hydrogens (primary N) is 1. The van der Waals surface area contributed by atoms with Gasteiger partial charge in [0, 0.05) is 23.5 Å². The molecular formula is C12H9BrClN3O2. The highest BCUT2D eigenvalue weighted by Crippen LogP contribution is 2.33. The minimum absolute atomic E-state index is 0.0688. The van der Waals surface area contributed by atoms with Gasteiger partial charge in [0.05, 0.1) is 20.1 Å². The van der Waals surface area contributed by atoms with Crippen molar-refractivity contribution in [3.8, 4) is 0 Å². The van der Waals surface area contributed by atoms with Gasteiger partial charge in [0.1, 0.15) is 0 Å². The molecule has 0 amide bonds. The normalized spacial score (nSPS) is 10.2. The van der Waals surface area contributed by atoms with Crippen molar-refractivity contribution in [2.75, 3.05) is 11.1 Å². The molecule has 5 nitrogen and oxygen atoms in total. The van der Waals surface area contributed by atoms with E-state index in [0.717, 1.165) is 0 Å². The van der Waals surface area contributed by atoms with E-state index in [-0.39, 0.29) is 5.69 Å². The van der Waals surface area contributed by atoms with Gasteiger partial charge in [0.15, 0.2) is 0 Å². The molecule has 2 rings (SSSR count). The molecule has 0 aliphatic heterocycles. The molecule has 0 saturated carbocycles. The molecule has 0 aromatic heterocycles. The average molecular weight is 343 g/mol. The van der Waals surface area contributed by atoms with Crippen LogP contribution in [0.25, 0.3) is 0 Å². The third-order valence-corrected chi connectivity index (χ3v) is 3.78. The molecule has 19 heavy (non-hydrogen) atoms. The predicted octanol–water partition coefficient (Wildman–Crippen LogP) is 4.34. The summed E-state index contributed by atoms with van der Waals surface area (Å²) < 4.78 is 0.682. The molecule has 98 valence electrons. The minimum Gasteiger partial charge on any atom is -0.398 e. The first-order valence-corrected chi connectivity index (χ1v) is 6.40. The van der Waals surface area contributed by atoms with Gasteiger partial charge in [-0.1, -0.05) is 17.7 Å². The summed E-state index contributed by atoms with van der Waals surface area (Å²) in [4.78, 5) is 10.3. The van der Waals surface area contributed by atoms with Gasteiger partial charge in [-0.3, -0.25) is 10.1 Å². The lowest BCUT2D eigenvalue weighted by molar-refractivity contribution is -0.384. The van der Waals surface area contributed by atoms with Gasteiger partial charge in [-0.15, -0.1) is 0 Å². The predicted molar refractivity (Wildman–Crippen MR) is 79.9 cm³/mol. The minimum atomic E-state index is -0.492. The van der Waals surface area contributed by atoms with Gasteiger partial charge >= 0.3 is 0 Å². The highest BCUT2D eigenvalue weighted by molar-refractivity contribution is 9.10. The van der Waals surface area contributed by atoms with Crippen molar-refractivity contribution >= 4 is 50.3 Å². The fourth-order valence-corrected chi connectivity index (χ4v) is 2.11. The fourth-order valence-electron chi connectivity index (χ4n) is 1.57. The van der Waals surface area contributed by atoms with Gasteiger partial charge in [0.2, 0.25) is 0 Å². The zero-order valence-corrected chi connectivity index (χ0v) is 11.9. The summed E-state index contributed by atoms with van der Waals surface area (Å²) in [7, 11) is 0. The van der Waals surface area contributed by atoms with Crippen LogP contribution in [-0.2, 0) is 0 Å². The van der Waals surface area contributed by atoms with Crippen molar-refractivity contribution in [2.24, 2.45) is 0 Å². The van der Waals surface area contributed by atoms with E-state index in [1.165, 1.54) is 12.1 Å². The van der Waals surface area contributed by atoms with Crippen molar-refractivity contribution in [1.82, 2.24) is 0 Å². The Kier molecular flexibility index (Phi) is 3.92. The lowest BCUT2D eigenvalue weighted by Crippen LogP contribution is -1.96. The molecule has 2 aromatic carbocycles. The number of nitrogen functional groups attached to an aromatic ring is 1. The molecule has 0 aliphatic carbocycles. The second-order valence-electron chi connectivity index (χ2n) is 3.80. The molecule has 0 heterocycles. The van der Waals surface area contributed by atoms with Crippen LogP contribution in [0.2, 0.25) is 5.02 Å². The van der Waals surface area contributed by atoms with Gasteiger partial charge in [-0.25, -0.2) is 0 Å². The Hall–Kier alpha value is -1.79. The van der Waals surface area contributed by atoms with Crippen LogP contribution in [0.5, 0.6) is 0 Å². The van der Waals surface area contributed by atoms with E-state index >= 15 is 0 Å². The first kappa shape index (κ1) is 13.6. The van der Waals surface area contributed by atoms with E-state index in [1.54, 1.807) is 24.3 Å². The molecule has 0 spiro atoms. The topological polar surface area (TPSA) is 81.2 Å². The van der Waals surface area contributed by atoms with Gasteiger partial charge in [-0.2, -0.15) is 0 Å². The number of anilines is 3. The van der Waals surface area contributed by atoms with Gasteiger partial charge < -0.3 is 11.1 Å². The molecule has 0 unspecified atom stereocenters. The number of rotatable bonds is 3. The lowest BCUT2D eigenvalue weighted by atomic mass is 10.2. The van der Waals surface area contributed by atoms with Crippen LogP contribution in [-0.4, -0.2) is 4.92 Å². The summed E-state index contributed by atoms with van der Waals surface area (Å²) >= 11 is 9.32. The average Bonchev–Trinajstić information content (AvgIpc) is 2.34. The molecule has 0 radical (unpaired) electrons. The van der Waals surface area contributed by atoms with Crippen LogP contribution in [0.3, 0.4) is 0 Å². The van der Waals surface area contributed by atoms with E-state index in [1.807, 2.05) is 0 Å². The third kappa shape index (κ3) is 3.15. The lowest BCUT2D eigenvalue weighted by Gasteiger charge is -2.10. The second kappa shape index (κ2) is 5.46. The summed E-state index contributed by atoms with van der Waals surface area (Å²) in [6, 6.07) is 9.63. The SMILES string of the molecule is Nc1cc(Nc2cccc(Cl)c2Br)cc([N+](=O)[O-])c1. The zero-order valence-electron chi connectivity index (χ0n) is 9.56. The Morgan fingerprint density at radius 1 is 1.32 bits per heavy atom. The van der Waals surface area contributed by atoms with Crippen LogP contribution >= 0.6 is 27.5 Å². The largest absolute Gasteiger partial charge is 0.398 e. The zero-order chi connectivity index (χ0) is 14.0. The van der Waals surface area contributed by atoms with Crippen LogP contribution < -0.4 is 11.1 Å². The number of nitrogens with zero attached hydrogens (tertiary/aromatic N) is 1. The number of halogens is 2. The van der Waals surface area contributed by atoms with E-state index in [9.17, 15) is 10.1 Å². The van der Waals surface area contributed by atoms with E-state index in [2.05, 4.69) is 21.2 Å². The summed E-state index contributed by atoms with van der Waals surface area (Å²) in [5.41, 5.74) is 7.11. The summed E-state index contributed by atoms with van der Waals surface area (Å²) in [6.45, 7) is 0. The molecule has 0 atom stereocenters. The smallest absolute Gasteiger partial charge is 0.273 e. The third-order valence-electron chi connectivity index (χ3n) is 2.38. The molecule has 0 aliphatic rings. The molecular weight excluding hydrogens is 334 g/mol. The maximum atomic E-state index is 10.8. The molecule has 2 aromatic rings. The van der Waals surface area contributed by atoms with Crippen LogP contribution in [0.1, 0.15) is 0 Å². The molecule has 7 heteroatoms. The number of benzene rings is 2. The Labute approximate surface area is 122 Å². The Balaban J connectivity index is 2.38. The number of nitro benzene ring substituents is 1. The van der Waals surface area contributed by atoms with Crippen molar-refractivity contribution in [3.63, 3.8) is 0 Å². The fraction of sp³-hybridized carbons (Fsp3) is 0. The highest BCUT2D eigenvalue weighted by atomic mass is 79.9. The standard InChI is InChI=1S/C12H9BrClN3O2/c13-12-10(14)2-1-3-11(12)16-8-4-7(15)5-9(6-8)17(18)19/h1-6,16H,15H2. The van der Waals surface area contributed by atoms with Gasteiger partial charge in [0.25, 0.3) is 5.69 Å². The Bertz CT molecular complexity index is 649. The first-order chi connectivity index (χ1) is 8.97. The second-order valence-corrected chi connectivity index (χ2v) is 5.00. The van der Waals surface area contributed by atoms with E-state index in [0.29, 0.717) is 26.6 Å². The Morgan fingerprint density at radius 2 is 2.05 bits per heavy atom. The number of non-ortho nitro benzene ring substituents is 1. The van der Waals surface area contributed by atoms with Crippen LogP contribution in [0.4, 0.5) is 22.7 Å². The molecule has 3 N–H and O–H groups in total. The maximum Gasteiger partial charge on any atom is 0.273 e. The molecule has 0 saturated heterocycles. The monoisotopic (exact) mass is 341 g/mol. The Morgan fingerprint density at radius 3 is 2.74 bits per heavy atom. The van der Waals surface area contributed by atoms with Crippen LogP contribution in [0.15, 0.2) is 40.9 Å². The number of hydrogen-bond acceptors (Lipinski definition) is 4. The number of hydrogen-bond donors (Lipinski definition) is 2. The summed E-state index contributed by atoms with van der Waals surface area (Å²) in [6.07, 6.45) is 0. The van der Waals surface area contributed by atoms with Gasteiger partial charge in [-0.05, 0) is 34.1 Å². The number of nitrogens with one attached hydrogen (secondary N) is 1. The summed E-state index contributed by atoms with van der Waals surface area (Å²) in [5.74, 6) is 0. The molecule has 0 bridgehead atoms. The van der Waals surface area contributed by atoms with E-state index in [4.69, 9.17) is 17.3 Å². The van der Waals surface area contributed by atoms with E-state index < -0.39 is 4.92 Å². The first-order valence-electron chi connectivity index (χ1n) is 5.23. The van der Waals surface area contributed by atoms with Crippen molar-refractivity contribution in [3.05, 3.63) is 56.0 Å². The van der Waals surface area contributed by atoms with Crippen molar-refractivity contribution in [1.29, 1.82) is 0 Å².